The molecule has 0 fully saturated rings. The summed E-state index contributed by atoms with van der Waals surface area (Å²) >= 11 is 0. The van der Waals surface area contributed by atoms with Crippen molar-refractivity contribution in [2.75, 3.05) is 27.2 Å². The van der Waals surface area contributed by atoms with Crippen LogP contribution in [-0.2, 0) is 16.1 Å². The number of ether oxygens (including phenoxy) is 1. The minimum atomic E-state index is -0.548. The Balaban J connectivity index is 2.00. The van der Waals surface area contributed by atoms with Crippen LogP contribution in [0, 0.1) is 6.92 Å². The number of nitrogens with zero attached hydrogens (tertiary/aromatic N) is 2. The molecule has 1 aliphatic rings. The first-order valence-electron chi connectivity index (χ1n) is 10.1. The van der Waals surface area contributed by atoms with Crippen LogP contribution in [0.3, 0.4) is 0 Å². The van der Waals surface area contributed by atoms with E-state index in [4.69, 9.17) is 4.74 Å². The lowest BCUT2D eigenvalue weighted by Crippen LogP contribution is -2.49. The number of urea groups is 1. The number of hydrogen-bond donors (Lipinski definition) is 1. The van der Waals surface area contributed by atoms with Crippen LogP contribution in [0.4, 0.5) is 4.79 Å². The number of rotatable bonds is 7. The van der Waals surface area contributed by atoms with Gasteiger partial charge in [-0.15, -0.1) is 0 Å². The Labute approximate surface area is 178 Å². The quantitative estimate of drug-likeness (QED) is 0.712. The predicted octanol–water partition coefficient (Wildman–Crippen LogP) is 3.64. The van der Waals surface area contributed by atoms with Crippen molar-refractivity contribution in [2.45, 2.75) is 26.4 Å². The van der Waals surface area contributed by atoms with Crippen molar-refractivity contribution in [2.24, 2.45) is 0 Å². The first-order chi connectivity index (χ1) is 14.4. The molecular formula is C24H29N3O3. The summed E-state index contributed by atoms with van der Waals surface area (Å²) in [7, 11) is 3.66. The molecule has 1 atom stereocenters. The van der Waals surface area contributed by atoms with Gasteiger partial charge in [0.2, 0.25) is 0 Å². The van der Waals surface area contributed by atoms with Crippen LogP contribution in [0.25, 0.3) is 0 Å². The van der Waals surface area contributed by atoms with Gasteiger partial charge in [0.1, 0.15) is 0 Å². The summed E-state index contributed by atoms with van der Waals surface area (Å²) in [5.74, 6) is -0.404. The number of hydrogen-bond acceptors (Lipinski definition) is 4. The van der Waals surface area contributed by atoms with Crippen molar-refractivity contribution >= 4 is 12.0 Å². The standard InChI is InChI=1S/C24H29N3O3/c1-5-30-23(28)21-20(16-26(3)15-18-11-7-6-8-12-18)27(4)24(29)25-22(21)19-13-9-10-17(2)14-19/h6-14,22H,5,15-16H2,1-4H3,(H,25,29)/t22-/m0/s1. The van der Waals surface area contributed by atoms with E-state index in [1.807, 2.05) is 56.4 Å². The van der Waals surface area contributed by atoms with E-state index in [9.17, 15) is 9.59 Å². The minimum Gasteiger partial charge on any atom is -0.463 e. The van der Waals surface area contributed by atoms with Gasteiger partial charge in [-0.05, 0) is 32.0 Å². The highest BCUT2D eigenvalue weighted by molar-refractivity contribution is 5.95. The zero-order chi connectivity index (χ0) is 21.7. The van der Waals surface area contributed by atoms with Crippen molar-refractivity contribution in [1.29, 1.82) is 0 Å². The van der Waals surface area contributed by atoms with Gasteiger partial charge in [-0.2, -0.15) is 0 Å². The fraction of sp³-hybridized carbons (Fsp3) is 0.333. The Morgan fingerprint density at radius 3 is 2.53 bits per heavy atom. The molecule has 0 unspecified atom stereocenters. The zero-order valence-corrected chi connectivity index (χ0v) is 18.0. The maximum atomic E-state index is 13.0. The van der Waals surface area contributed by atoms with E-state index in [-0.39, 0.29) is 12.6 Å². The van der Waals surface area contributed by atoms with Crippen LogP contribution in [0.1, 0.15) is 29.7 Å². The molecule has 0 saturated heterocycles. The Morgan fingerprint density at radius 2 is 1.87 bits per heavy atom. The predicted molar refractivity (Wildman–Crippen MR) is 117 cm³/mol. The molecule has 0 aliphatic carbocycles. The van der Waals surface area contributed by atoms with Crippen LogP contribution in [0.5, 0.6) is 0 Å². The Kier molecular flexibility index (Phi) is 6.90. The Bertz CT molecular complexity index is 940. The molecule has 2 amide bonds. The third kappa shape index (κ3) is 4.89. The normalized spacial score (nSPS) is 16.6. The number of carbonyl (C=O) groups is 2. The van der Waals surface area contributed by atoms with Gasteiger partial charge in [0, 0.05) is 25.8 Å². The third-order valence-electron chi connectivity index (χ3n) is 5.16. The van der Waals surface area contributed by atoms with E-state index in [2.05, 4.69) is 22.3 Å². The molecule has 2 aromatic carbocycles. The monoisotopic (exact) mass is 407 g/mol. The number of aryl methyl sites for hydroxylation is 1. The SMILES string of the molecule is CCOC(=O)C1=C(CN(C)Cc2ccccc2)N(C)C(=O)N[C@H]1c1cccc(C)c1. The number of likely N-dealkylation sites (N-methyl/N-ethyl adjacent to an activating group) is 2. The molecule has 1 N–H and O–H groups in total. The summed E-state index contributed by atoms with van der Waals surface area (Å²) in [6.45, 7) is 5.18. The lowest BCUT2D eigenvalue weighted by atomic mass is 9.93. The number of nitrogens with one attached hydrogen (secondary N) is 1. The molecule has 6 nitrogen and oxygen atoms in total. The van der Waals surface area contributed by atoms with Crippen LogP contribution in [-0.4, -0.2) is 49.0 Å². The zero-order valence-electron chi connectivity index (χ0n) is 18.0. The molecular weight excluding hydrogens is 378 g/mol. The molecule has 1 aliphatic heterocycles. The molecule has 0 spiro atoms. The maximum absolute atomic E-state index is 13.0. The molecule has 6 heteroatoms. The van der Waals surface area contributed by atoms with E-state index in [1.165, 1.54) is 4.90 Å². The number of benzene rings is 2. The smallest absolute Gasteiger partial charge is 0.338 e. The number of esters is 1. The van der Waals surface area contributed by atoms with Gasteiger partial charge < -0.3 is 10.1 Å². The number of amides is 2. The highest BCUT2D eigenvalue weighted by Gasteiger charge is 2.37. The van der Waals surface area contributed by atoms with Gasteiger partial charge in [0.05, 0.1) is 18.2 Å². The summed E-state index contributed by atoms with van der Waals surface area (Å²) in [4.78, 5) is 29.3. The van der Waals surface area contributed by atoms with E-state index in [1.54, 1.807) is 14.0 Å². The average Bonchev–Trinajstić information content (AvgIpc) is 2.72. The molecule has 30 heavy (non-hydrogen) atoms. The summed E-state index contributed by atoms with van der Waals surface area (Å²) in [5, 5.41) is 2.96. The minimum absolute atomic E-state index is 0.238. The van der Waals surface area contributed by atoms with Crippen LogP contribution < -0.4 is 5.32 Å². The van der Waals surface area contributed by atoms with Crippen molar-refractivity contribution < 1.29 is 14.3 Å². The topological polar surface area (TPSA) is 61.9 Å². The maximum Gasteiger partial charge on any atom is 0.338 e. The van der Waals surface area contributed by atoms with Gasteiger partial charge in [0.15, 0.2) is 0 Å². The second-order valence-electron chi connectivity index (χ2n) is 7.59. The van der Waals surface area contributed by atoms with Gasteiger partial charge in [-0.25, -0.2) is 9.59 Å². The highest BCUT2D eigenvalue weighted by atomic mass is 16.5. The molecule has 0 saturated carbocycles. The molecule has 1 heterocycles. The molecule has 0 radical (unpaired) electrons. The second-order valence-corrected chi connectivity index (χ2v) is 7.59. The van der Waals surface area contributed by atoms with Crippen LogP contribution in [0.2, 0.25) is 0 Å². The molecule has 0 aromatic heterocycles. The van der Waals surface area contributed by atoms with Gasteiger partial charge in [-0.1, -0.05) is 60.2 Å². The largest absolute Gasteiger partial charge is 0.463 e. The van der Waals surface area contributed by atoms with Crippen molar-refractivity contribution in [3.8, 4) is 0 Å². The van der Waals surface area contributed by atoms with Crippen molar-refractivity contribution in [1.82, 2.24) is 15.1 Å². The van der Waals surface area contributed by atoms with Crippen molar-refractivity contribution in [3.05, 3.63) is 82.6 Å². The molecule has 0 bridgehead atoms. The highest BCUT2D eigenvalue weighted by Crippen LogP contribution is 2.31. The lowest BCUT2D eigenvalue weighted by Gasteiger charge is -2.36. The Morgan fingerprint density at radius 1 is 1.13 bits per heavy atom. The van der Waals surface area contributed by atoms with E-state index >= 15 is 0 Å². The van der Waals surface area contributed by atoms with E-state index in [0.717, 1.165) is 16.7 Å². The summed E-state index contributed by atoms with van der Waals surface area (Å²) in [6.07, 6.45) is 0. The Hall–Kier alpha value is -3.12. The van der Waals surface area contributed by atoms with Crippen LogP contribution >= 0.6 is 0 Å². The van der Waals surface area contributed by atoms with Gasteiger partial charge in [0.25, 0.3) is 0 Å². The fourth-order valence-corrected chi connectivity index (χ4v) is 3.70. The second kappa shape index (κ2) is 9.59. The molecule has 158 valence electrons. The first kappa shape index (κ1) is 21.6. The lowest BCUT2D eigenvalue weighted by molar-refractivity contribution is -0.139. The fourth-order valence-electron chi connectivity index (χ4n) is 3.70. The van der Waals surface area contributed by atoms with Gasteiger partial charge >= 0.3 is 12.0 Å². The summed E-state index contributed by atoms with van der Waals surface area (Å²) < 4.78 is 5.38. The van der Waals surface area contributed by atoms with Crippen LogP contribution in [0.15, 0.2) is 65.9 Å². The summed E-state index contributed by atoms with van der Waals surface area (Å²) in [6, 6.07) is 17.1. The van der Waals surface area contributed by atoms with E-state index < -0.39 is 12.0 Å². The molecule has 3 rings (SSSR count). The van der Waals surface area contributed by atoms with Crippen molar-refractivity contribution in [3.63, 3.8) is 0 Å². The van der Waals surface area contributed by atoms with Gasteiger partial charge in [-0.3, -0.25) is 9.80 Å². The number of carbonyl (C=O) groups excluding carboxylic acids is 2. The van der Waals surface area contributed by atoms with E-state index in [0.29, 0.717) is 24.4 Å². The third-order valence-corrected chi connectivity index (χ3v) is 5.16. The average molecular weight is 408 g/mol. The first-order valence-corrected chi connectivity index (χ1v) is 10.1. The summed E-state index contributed by atoms with van der Waals surface area (Å²) in [5.41, 5.74) is 4.22. The molecule has 2 aromatic rings.